The van der Waals surface area contributed by atoms with Gasteiger partial charge >= 0.3 is 0 Å². The van der Waals surface area contributed by atoms with Crippen LogP contribution >= 0.6 is 11.6 Å². The van der Waals surface area contributed by atoms with Crippen molar-refractivity contribution in [3.05, 3.63) is 105 Å². The molecule has 0 N–H and O–H groups in total. The zero-order valence-corrected chi connectivity index (χ0v) is 16.0. The molecule has 0 radical (unpaired) electrons. The number of halogens is 1. The first kappa shape index (κ1) is 17.7. The summed E-state index contributed by atoms with van der Waals surface area (Å²) in [7, 11) is 0. The van der Waals surface area contributed by atoms with E-state index in [1.807, 2.05) is 53.5 Å². The Morgan fingerprint density at radius 3 is 2.69 bits per heavy atom. The summed E-state index contributed by atoms with van der Waals surface area (Å²) < 4.78 is 6.24. The molecule has 2 aliphatic heterocycles. The van der Waals surface area contributed by atoms with E-state index in [2.05, 4.69) is 0 Å². The molecule has 2 aliphatic rings. The average molecular weight is 406 g/mol. The van der Waals surface area contributed by atoms with Gasteiger partial charge in [0.1, 0.15) is 5.75 Å². The lowest BCUT2D eigenvalue weighted by molar-refractivity contribution is -0.385. The van der Waals surface area contributed by atoms with Crippen LogP contribution in [0, 0.1) is 10.1 Å². The Morgan fingerprint density at radius 2 is 1.90 bits per heavy atom. The van der Waals surface area contributed by atoms with Crippen molar-refractivity contribution in [3.63, 3.8) is 0 Å². The molecule has 0 bridgehead atoms. The number of hydrazone groups is 1. The molecule has 0 spiro atoms. The summed E-state index contributed by atoms with van der Waals surface area (Å²) in [6, 6.07) is 22.0. The number of nitrogens with zero attached hydrogens (tertiary/aromatic N) is 3. The van der Waals surface area contributed by atoms with E-state index in [9.17, 15) is 10.1 Å². The molecule has 0 aromatic heterocycles. The summed E-state index contributed by atoms with van der Waals surface area (Å²) in [5.41, 5.74) is 3.67. The highest BCUT2D eigenvalue weighted by Crippen LogP contribution is 2.48. The van der Waals surface area contributed by atoms with E-state index in [-0.39, 0.29) is 11.7 Å². The quantitative estimate of drug-likeness (QED) is 0.426. The molecule has 2 atom stereocenters. The second-order valence-corrected chi connectivity index (χ2v) is 7.45. The lowest BCUT2D eigenvalue weighted by Crippen LogP contribution is -2.33. The van der Waals surface area contributed by atoms with Gasteiger partial charge in [0, 0.05) is 34.7 Å². The first-order valence-corrected chi connectivity index (χ1v) is 9.59. The molecule has 0 saturated carbocycles. The number of hydrogen-bond acceptors (Lipinski definition) is 5. The number of rotatable bonds is 3. The number of non-ortho nitro benzene ring substituents is 1. The molecule has 7 heteroatoms. The smallest absolute Gasteiger partial charge is 0.269 e. The first-order chi connectivity index (χ1) is 14.1. The predicted octanol–water partition coefficient (Wildman–Crippen LogP) is 5.49. The Bertz CT molecular complexity index is 1130. The minimum absolute atomic E-state index is 0.0241. The summed E-state index contributed by atoms with van der Waals surface area (Å²) in [5, 5.41) is 18.6. The van der Waals surface area contributed by atoms with Gasteiger partial charge in [-0.2, -0.15) is 5.10 Å². The summed E-state index contributed by atoms with van der Waals surface area (Å²) in [6.45, 7) is 0. The van der Waals surface area contributed by atoms with Crippen molar-refractivity contribution in [2.24, 2.45) is 5.10 Å². The van der Waals surface area contributed by atoms with Gasteiger partial charge in [0.2, 0.25) is 6.23 Å². The molecule has 0 aliphatic carbocycles. The van der Waals surface area contributed by atoms with Crippen LogP contribution in [-0.2, 0) is 0 Å². The highest BCUT2D eigenvalue weighted by atomic mass is 35.5. The number of ether oxygens (including phenoxy) is 1. The Kier molecular flexibility index (Phi) is 4.21. The van der Waals surface area contributed by atoms with Gasteiger partial charge < -0.3 is 4.74 Å². The number of fused-ring (bicyclic) bond motifs is 3. The van der Waals surface area contributed by atoms with Gasteiger partial charge in [0.15, 0.2) is 0 Å². The monoisotopic (exact) mass is 405 g/mol. The van der Waals surface area contributed by atoms with Crippen LogP contribution < -0.4 is 4.74 Å². The molecule has 0 unspecified atom stereocenters. The first-order valence-electron chi connectivity index (χ1n) is 9.22. The number of benzene rings is 3. The normalized spacial score (nSPS) is 19.8. The fourth-order valence-electron chi connectivity index (χ4n) is 3.88. The molecule has 29 heavy (non-hydrogen) atoms. The van der Waals surface area contributed by atoms with Crippen molar-refractivity contribution < 1.29 is 9.66 Å². The molecule has 0 fully saturated rings. The maximum Gasteiger partial charge on any atom is 0.269 e. The van der Waals surface area contributed by atoms with Crippen molar-refractivity contribution >= 4 is 23.0 Å². The highest BCUT2D eigenvalue weighted by molar-refractivity contribution is 6.30. The van der Waals surface area contributed by atoms with Crippen molar-refractivity contribution in [2.75, 3.05) is 0 Å². The molecule has 5 rings (SSSR count). The Morgan fingerprint density at radius 1 is 1.07 bits per heavy atom. The van der Waals surface area contributed by atoms with E-state index in [1.54, 1.807) is 18.2 Å². The summed E-state index contributed by atoms with van der Waals surface area (Å²) in [6.07, 6.45) is 0.140. The second-order valence-electron chi connectivity index (χ2n) is 7.02. The van der Waals surface area contributed by atoms with E-state index in [0.717, 1.165) is 22.6 Å². The van der Waals surface area contributed by atoms with Crippen LogP contribution in [0.2, 0.25) is 5.02 Å². The molecule has 6 nitrogen and oxygen atoms in total. The van der Waals surface area contributed by atoms with Gasteiger partial charge in [0.25, 0.3) is 5.69 Å². The molecule has 3 aromatic rings. The Labute approximate surface area is 172 Å². The Hall–Kier alpha value is -3.38. The third-order valence-corrected chi connectivity index (χ3v) is 5.46. The molecule has 0 saturated heterocycles. The fourth-order valence-corrected chi connectivity index (χ4v) is 4.06. The van der Waals surface area contributed by atoms with E-state index >= 15 is 0 Å². The SMILES string of the molecule is O=[N+]([O-])c1cccc([C@@H]2Oc3ccc(Cl)cc3[C@H]3CC(c4ccccc4)=NN32)c1. The molecular formula is C22H16ClN3O3. The average Bonchev–Trinajstić information content (AvgIpc) is 3.20. The van der Waals surface area contributed by atoms with Crippen LogP contribution in [-0.4, -0.2) is 15.6 Å². The van der Waals surface area contributed by atoms with Gasteiger partial charge in [-0.15, -0.1) is 0 Å². The lowest BCUT2D eigenvalue weighted by atomic mass is 9.96. The molecule has 2 heterocycles. The molecule has 0 amide bonds. The maximum atomic E-state index is 11.2. The summed E-state index contributed by atoms with van der Waals surface area (Å²) in [4.78, 5) is 10.8. The minimum atomic E-state index is -0.560. The number of nitro groups is 1. The van der Waals surface area contributed by atoms with Gasteiger partial charge in [-0.3, -0.25) is 10.1 Å². The van der Waals surface area contributed by atoms with Crippen LogP contribution in [0.1, 0.15) is 35.4 Å². The molecule has 3 aromatic carbocycles. The van der Waals surface area contributed by atoms with Crippen LogP contribution in [0.5, 0.6) is 5.75 Å². The number of nitro benzene ring substituents is 1. The van der Waals surface area contributed by atoms with Gasteiger partial charge in [-0.05, 0) is 23.8 Å². The predicted molar refractivity (Wildman–Crippen MR) is 110 cm³/mol. The Balaban J connectivity index is 1.61. The molecule has 144 valence electrons. The zero-order chi connectivity index (χ0) is 20.0. The lowest BCUT2D eigenvalue weighted by Gasteiger charge is -2.38. The summed E-state index contributed by atoms with van der Waals surface area (Å²) in [5.74, 6) is 0.719. The highest BCUT2D eigenvalue weighted by Gasteiger charge is 2.41. The van der Waals surface area contributed by atoms with Crippen LogP contribution in [0.4, 0.5) is 5.69 Å². The van der Waals surface area contributed by atoms with Crippen LogP contribution in [0.25, 0.3) is 0 Å². The molecular weight excluding hydrogens is 390 g/mol. The van der Waals surface area contributed by atoms with Crippen molar-refractivity contribution in [1.82, 2.24) is 5.01 Å². The topological polar surface area (TPSA) is 68.0 Å². The van der Waals surface area contributed by atoms with E-state index < -0.39 is 11.2 Å². The van der Waals surface area contributed by atoms with E-state index in [4.69, 9.17) is 21.4 Å². The minimum Gasteiger partial charge on any atom is -0.464 e. The number of hydrogen-bond donors (Lipinski definition) is 0. The van der Waals surface area contributed by atoms with Gasteiger partial charge in [-0.1, -0.05) is 54.1 Å². The van der Waals surface area contributed by atoms with Crippen molar-refractivity contribution in [1.29, 1.82) is 0 Å². The van der Waals surface area contributed by atoms with E-state index in [0.29, 0.717) is 17.0 Å². The third kappa shape index (κ3) is 3.11. The largest absolute Gasteiger partial charge is 0.464 e. The van der Waals surface area contributed by atoms with Crippen LogP contribution in [0.15, 0.2) is 77.9 Å². The maximum absolute atomic E-state index is 11.2. The standard InChI is InChI=1S/C22H16ClN3O3/c23-16-9-10-21-18(12-16)20-13-19(14-5-2-1-3-6-14)24-25(20)22(29-21)15-7-4-8-17(11-15)26(27)28/h1-12,20,22H,13H2/t20-,22+/m1/s1. The third-order valence-electron chi connectivity index (χ3n) is 5.23. The van der Waals surface area contributed by atoms with Crippen molar-refractivity contribution in [2.45, 2.75) is 18.7 Å². The fraction of sp³-hybridized carbons (Fsp3) is 0.136. The van der Waals surface area contributed by atoms with Crippen LogP contribution in [0.3, 0.4) is 0 Å². The van der Waals surface area contributed by atoms with Gasteiger partial charge in [-0.25, -0.2) is 5.01 Å². The second kappa shape index (κ2) is 6.90. The van der Waals surface area contributed by atoms with Crippen molar-refractivity contribution in [3.8, 4) is 5.75 Å². The van der Waals surface area contributed by atoms with E-state index in [1.165, 1.54) is 6.07 Å². The zero-order valence-electron chi connectivity index (χ0n) is 15.2. The van der Waals surface area contributed by atoms with Gasteiger partial charge in [0.05, 0.1) is 16.7 Å². The summed E-state index contributed by atoms with van der Waals surface area (Å²) >= 11 is 6.24.